The topological polar surface area (TPSA) is 44.7 Å². The summed E-state index contributed by atoms with van der Waals surface area (Å²) in [5, 5.41) is 13.4. The van der Waals surface area contributed by atoms with E-state index in [9.17, 15) is 9.50 Å². The third-order valence-corrected chi connectivity index (χ3v) is 6.31. The Morgan fingerprint density at radius 3 is 2.50 bits per heavy atom. The van der Waals surface area contributed by atoms with Crippen LogP contribution in [0.4, 0.5) is 10.1 Å². The Hall–Kier alpha value is -1.33. The van der Waals surface area contributed by atoms with Crippen molar-refractivity contribution in [1.82, 2.24) is 4.90 Å². The third kappa shape index (κ3) is 4.32. The SMILES string of the molecule is CCO[C@H]1CC[C@](C)(N2CCC(Nc3cc(C)c(F)cc3O)CC2)CC1. The standard InChI is InChI=1S/C21H33FN2O2/c1-4-26-17-5-9-21(3,10-6-17)24-11-7-16(8-12-24)23-19-13-15(2)18(22)14-20(19)25/h13-14,16-17,23,25H,4-12H2,1-3H3/t17-,21-. The number of aromatic hydroxyl groups is 1. The van der Waals surface area contributed by atoms with Crippen LogP contribution in [0.5, 0.6) is 5.75 Å². The van der Waals surface area contributed by atoms with Gasteiger partial charge in [0.05, 0.1) is 11.8 Å². The van der Waals surface area contributed by atoms with Gasteiger partial charge in [0.15, 0.2) is 0 Å². The van der Waals surface area contributed by atoms with Gasteiger partial charge in [-0.2, -0.15) is 0 Å². The molecule has 5 heteroatoms. The van der Waals surface area contributed by atoms with Crippen molar-refractivity contribution in [2.24, 2.45) is 0 Å². The Bertz CT molecular complexity index is 606. The van der Waals surface area contributed by atoms with Crippen molar-refractivity contribution >= 4 is 5.69 Å². The van der Waals surface area contributed by atoms with E-state index in [0.29, 0.717) is 23.4 Å². The molecule has 146 valence electrons. The van der Waals surface area contributed by atoms with Gasteiger partial charge in [0.1, 0.15) is 11.6 Å². The molecule has 0 atom stereocenters. The molecule has 0 radical (unpaired) electrons. The molecule has 0 aromatic heterocycles. The number of hydrogen-bond acceptors (Lipinski definition) is 4. The van der Waals surface area contributed by atoms with Crippen LogP contribution in [0.2, 0.25) is 0 Å². The summed E-state index contributed by atoms with van der Waals surface area (Å²) >= 11 is 0. The fraction of sp³-hybridized carbons (Fsp3) is 0.714. The minimum atomic E-state index is -0.363. The molecule has 3 rings (SSSR count). The van der Waals surface area contributed by atoms with Crippen molar-refractivity contribution in [3.8, 4) is 5.75 Å². The van der Waals surface area contributed by atoms with E-state index in [2.05, 4.69) is 24.1 Å². The zero-order valence-corrected chi connectivity index (χ0v) is 16.4. The zero-order chi connectivity index (χ0) is 18.7. The van der Waals surface area contributed by atoms with Gasteiger partial charge in [-0.05, 0) is 70.9 Å². The van der Waals surface area contributed by atoms with Crippen LogP contribution >= 0.6 is 0 Å². The summed E-state index contributed by atoms with van der Waals surface area (Å²) in [6, 6.07) is 3.23. The average Bonchev–Trinajstić information content (AvgIpc) is 2.62. The number of piperidine rings is 1. The maximum absolute atomic E-state index is 13.5. The van der Waals surface area contributed by atoms with Crippen LogP contribution in [0.15, 0.2) is 12.1 Å². The monoisotopic (exact) mass is 364 g/mol. The first kappa shape index (κ1) is 19.4. The summed E-state index contributed by atoms with van der Waals surface area (Å²) in [6.45, 7) is 9.14. The number of halogens is 1. The van der Waals surface area contributed by atoms with Crippen LogP contribution in [0, 0.1) is 12.7 Å². The number of anilines is 1. The first-order valence-corrected chi connectivity index (χ1v) is 10.0. The first-order chi connectivity index (χ1) is 12.4. The molecule has 0 spiro atoms. The molecule has 1 aromatic carbocycles. The number of likely N-dealkylation sites (tertiary alicyclic amines) is 1. The van der Waals surface area contributed by atoms with Crippen molar-refractivity contribution in [3.63, 3.8) is 0 Å². The highest BCUT2D eigenvalue weighted by Crippen LogP contribution is 2.37. The molecule has 1 aliphatic heterocycles. The van der Waals surface area contributed by atoms with Crippen LogP contribution < -0.4 is 5.32 Å². The molecule has 4 nitrogen and oxygen atoms in total. The van der Waals surface area contributed by atoms with Crippen molar-refractivity contribution < 1.29 is 14.2 Å². The molecule has 1 saturated heterocycles. The molecule has 1 saturated carbocycles. The predicted octanol–water partition coefficient (Wildman–Crippen LogP) is 4.45. The van der Waals surface area contributed by atoms with Gasteiger partial charge in [0.2, 0.25) is 0 Å². The minimum absolute atomic E-state index is 0.00302. The maximum atomic E-state index is 13.5. The largest absolute Gasteiger partial charge is 0.506 e. The second kappa shape index (κ2) is 8.13. The van der Waals surface area contributed by atoms with E-state index in [0.717, 1.165) is 45.4 Å². The fourth-order valence-corrected chi connectivity index (χ4v) is 4.50. The van der Waals surface area contributed by atoms with E-state index < -0.39 is 0 Å². The predicted molar refractivity (Wildman–Crippen MR) is 103 cm³/mol. The first-order valence-electron chi connectivity index (χ1n) is 10.0. The number of phenolic OH excluding ortho intramolecular Hbond substituents is 1. The van der Waals surface area contributed by atoms with Gasteiger partial charge in [0.25, 0.3) is 0 Å². The average molecular weight is 365 g/mol. The number of hydrogen-bond donors (Lipinski definition) is 2. The molecule has 0 amide bonds. The molecular formula is C21H33FN2O2. The van der Waals surface area contributed by atoms with E-state index in [1.807, 2.05) is 0 Å². The Kier molecular flexibility index (Phi) is 6.08. The van der Waals surface area contributed by atoms with Crippen molar-refractivity contribution in [1.29, 1.82) is 0 Å². The minimum Gasteiger partial charge on any atom is -0.506 e. The molecule has 2 aliphatic rings. The van der Waals surface area contributed by atoms with Crippen LogP contribution in [-0.2, 0) is 4.74 Å². The number of aryl methyl sites for hydroxylation is 1. The number of nitrogens with zero attached hydrogens (tertiary/aromatic N) is 1. The van der Waals surface area contributed by atoms with Gasteiger partial charge in [-0.25, -0.2) is 4.39 Å². The van der Waals surface area contributed by atoms with Crippen LogP contribution in [0.25, 0.3) is 0 Å². The smallest absolute Gasteiger partial charge is 0.141 e. The lowest BCUT2D eigenvalue weighted by Crippen LogP contribution is -2.53. The van der Waals surface area contributed by atoms with Crippen molar-refractivity contribution in [3.05, 3.63) is 23.5 Å². The van der Waals surface area contributed by atoms with Crippen molar-refractivity contribution in [2.45, 2.75) is 77.0 Å². The van der Waals surface area contributed by atoms with E-state index in [1.54, 1.807) is 13.0 Å². The number of phenols is 1. The second-order valence-electron chi connectivity index (χ2n) is 8.18. The van der Waals surface area contributed by atoms with E-state index in [-0.39, 0.29) is 17.1 Å². The molecule has 26 heavy (non-hydrogen) atoms. The van der Waals surface area contributed by atoms with Crippen LogP contribution in [0.1, 0.15) is 57.9 Å². The van der Waals surface area contributed by atoms with E-state index in [4.69, 9.17) is 4.74 Å². The number of rotatable bonds is 5. The van der Waals surface area contributed by atoms with Gasteiger partial charge in [-0.15, -0.1) is 0 Å². The van der Waals surface area contributed by atoms with Crippen LogP contribution in [0.3, 0.4) is 0 Å². The number of ether oxygens (including phenoxy) is 1. The third-order valence-electron chi connectivity index (χ3n) is 6.31. The Balaban J connectivity index is 1.52. The van der Waals surface area contributed by atoms with Gasteiger partial charge >= 0.3 is 0 Å². The molecule has 2 N–H and O–H groups in total. The molecule has 1 heterocycles. The fourth-order valence-electron chi connectivity index (χ4n) is 4.50. The second-order valence-corrected chi connectivity index (χ2v) is 8.18. The molecular weight excluding hydrogens is 331 g/mol. The lowest BCUT2D eigenvalue weighted by molar-refractivity contribution is -0.0242. The highest BCUT2D eigenvalue weighted by atomic mass is 19.1. The van der Waals surface area contributed by atoms with Gasteiger partial charge < -0.3 is 15.2 Å². The molecule has 0 unspecified atom stereocenters. The lowest BCUT2D eigenvalue weighted by atomic mass is 9.79. The van der Waals surface area contributed by atoms with E-state index in [1.165, 1.54) is 18.9 Å². The van der Waals surface area contributed by atoms with Crippen molar-refractivity contribution in [2.75, 3.05) is 25.0 Å². The number of benzene rings is 1. The van der Waals surface area contributed by atoms with Crippen LogP contribution in [-0.4, -0.2) is 47.4 Å². The summed E-state index contributed by atoms with van der Waals surface area (Å²) < 4.78 is 19.3. The van der Waals surface area contributed by atoms with E-state index >= 15 is 0 Å². The maximum Gasteiger partial charge on any atom is 0.141 e. The molecule has 0 bridgehead atoms. The Morgan fingerprint density at radius 2 is 1.88 bits per heavy atom. The molecule has 2 fully saturated rings. The summed E-state index contributed by atoms with van der Waals surface area (Å²) in [5.41, 5.74) is 1.49. The zero-order valence-electron chi connectivity index (χ0n) is 16.4. The summed E-state index contributed by atoms with van der Waals surface area (Å²) in [6.07, 6.45) is 7.25. The lowest BCUT2D eigenvalue weighted by Gasteiger charge is -2.48. The summed E-state index contributed by atoms with van der Waals surface area (Å²) in [5.74, 6) is -0.366. The number of nitrogens with one attached hydrogen (secondary N) is 1. The highest BCUT2D eigenvalue weighted by molar-refractivity contribution is 5.58. The molecule has 1 aromatic rings. The van der Waals surface area contributed by atoms with Gasteiger partial charge in [-0.1, -0.05) is 0 Å². The highest BCUT2D eigenvalue weighted by Gasteiger charge is 2.38. The van der Waals surface area contributed by atoms with Gasteiger partial charge in [-0.3, -0.25) is 4.90 Å². The van der Waals surface area contributed by atoms with Gasteiger partial charge in [0, 0.05) is 37.3 Å². The normalized spacial score (nSPS) is 28.2. The quantitative estimate of drug-likeness (QED) is 0.758. The Labute approximate surface area is 156 Å². The molecule has 1 aliphatic carbocycles. The Morgan fingerprint density at radius 1 is 1.23 bits per heavy atom. The summed E-state index contributed by atoms with van der Waals surface area (Å²) in [7, 11) is 0. The summed E-state index contributed by atoms with van der Waals surface area (Å²) in [4.78, 5) is 2.64.